The highest BCUT2D eigenvalue weighted by Gasteiger charge is 2.26. The highest BCUT2D eigenvalue weighted by atomic mass is 32.2. The van der Waals surface area contributed by atoms with Gasteiger partial charge >= 0.3 is 5.97 Å². The van der Waals surface area contributed by atoms with Gasteiger partial charge in [0.05, 0.1) is 10.6 Å². The molecule has 1 aromatic carbocycles. The van der Waals surface area contributed by atoms with E-state index in [0.29, 0.717) is 0 Å². The molecule has 0 saturated carbocycles. The third-order valence-corrected chi connectivity index (χ3v) is 3.93. The van der Waals surface area contributed by atoms with Crippen molar-refractivity contribution < 1.29 is 23.1 Å². The van der Waals surface area contributed by atoms with Crippen LogP contribution in [0.3, 0.4) is 0 Å². The van der Waals surface area contributed by atoms with Crippen molar-refractivity contribution in [2.75, 3.05) is 5.75 Å². The van der Waals surface area contributed by atoms with Crippen LogP contribution in [0.4, 0.5) is 0 Å². The molecular formula is C11H13NO5S. The lowest BCUT2D eigenvalue weighted by Gasteiger charge is -2.13. The van der Waals surface area contributed by atoms with Crippen LogP contribution in [0.1, 0.15) is 6.92 Å². The summed E-state index contributed by atoms with van der Waals surface area (Å²) < 4.78 is 23.8. The Balaban J connectivity index is 2.93. The minimum Gasteiger partial charge on any atom is -0.480 e. The topological polar surface area (TPSA) is 101 Å². The van der Waals surface area contributed by atoms with Gasteiger partial charge in [0, 0.05) is 6.92 Å². The van der Waals surface area contributed by atoms with E-state index in [4.69, 9.17) is 5.11 Å². The average molecular weight is 271 g/mol. The summed E-state index contributed by atoms with van der Waals surface area (Å²) in [6, 6.07) is 6.04. The molecule has 1 rings (SSSR count). The molecule has 0 aliphatic heterocycles. The number of carbonyl (C=O) groups excluding carboxylic acids is 1. The zero-order valence-electron chi connectivity index (χ0n) is 9.66. The van der Waals surface area contributed by atoms with Crippen LogP contribution in [0, 0.1) is 0 Å². The van der Waals surface area contributed by atoms with Gasteiger partial charge in [0.25, 0.3) is 0 Å². The molecular weight excluding hydrogens is 258 g/mol. The van der Waals surface area contributed by atoms with E-state index in [0.717, 1.165) is 6.92 Å². The summed E-state index contributed by atoms with van der Waals surface area (Å²) in [5, 5.41) is 10.9. The van der Waals surface area contributed by atoms with Gasteiger partial charge in [0.15, 0.2) is 9.84 Å². The fourth-order valence-corrected chi connectivity index (χ4v) is 2.79. The lowest BCUT2D eigenvalue weighted by Crippen LogP contribution is -2.44. The highest BCUT2D eigenvalue weighted by molar-refractivity contribution is 7.91. The predicted octanol–water partition coefficient (Wildman–Crippen LogP) is 0.0496. The van der Waals surface area contributed by atoms with E-state index in [1.54, 1.807) is 18.2 Å². The van der Waals surface area contributed by atoms with E-state index < -0.39 is 33.5 Å². The van der Waals surface area contributed by atoms with Gasteiger partial charge in [-0.05, 0) is 12.1 Å². The molecule has 0 spiro atoms. The quantitative estimate of drug-likeness (QED) is 0.788. The largest absolute Gasteiger partial charge is 0.480 e. The number of aliphatic carboxylic acids is 1. The van der Waals surface area contributed by atoms with Crippen LogP contribution in [0.25, 0.3) is 0 Å². The molecule has 0 heterocycles. The number of carboxylic acid groups (broad SMARTS) is 1. The van der Waals surface area contributed by atoms with Crippen molar-refractivity contribution in [3.05, 3.63) is 30.3 Å². The smallest absolute Gasteiger partial charge is 0.327 e. The van der Waals surface area contributed by atoms with Gasteiger partial charge in [0.2, 0.25) is 5.91 Å². The van der Waals surface area contributed by atoms with Crippen molar-refractivity contribution in [3.63, 3.8) is 0 Å². The first-order valence-electron chi connectivity index (χ1n) is 5.10. The first kappa shape index (κ1) is 14.2. The van der Waals surface area contributed by atoms with E-state index in [1.165, 1.54) is 12.1 Å². The first-order chi connectivity index (χ1) is 8.33. The molecule has 18 heavy (non-hydrogen) atoms. The number of carbonyl (C=O) groups is 2. The normalized spacial score (nSPS) is 12.7. The Bertz CT molecular complexity index is 538. The number of amides is 1. The third kappa shape index (κ3) is 3.85. The first-order valence-corrected chi connectivity index (χ1v) is 6.76. The number of hydrogen-bond donors (Lipinski definition) is 2. The summed E-state index contributed by atoms with van der Waals surface area (Å²) >= 11 is 0. The predicted molar refractivity (Wildman–Crippen MR) is 63.7 cm³/mol. The maximum atomic E-state index is 11.9. The monoisotopic (exact) mass is 271 g/mol. The number of benzene rings is 1. The molecule has 1 amide bonds. The standard InChI is InChI=1S/C11H13NO5S/c1-8(13)12-10(11(14)15)7-18(16,17)9-5-3-2-4-6-9/h2-6,10H,7H2,1H3,(H,12,13)(H,14,15)/t10-/m0/s1. The van der Waals surface area contributed by atoms with Gasteiger partial charge in [-0.3, -0.25) is 4.79 Å². The second-order valence-electron chi connectivity index (χ2n) is 3.69. The third-order valence-electron chi connectivity index (χ3n) is 2.16. The minimum atomic E-state index is -3.75. The lowest BCUT2D eigenvalue weighted by molar-refractivity contribution is -0.140. The molecule has 0 fully saturated rings. The minimum absolute atomic E-state index is 0.0293. The van der Waals surface area contributed by atoms with Crippen LogP contribution in [-0.4, -0.2) is 37.2 Å². The lowest BCUT2D eigenvalue weighted by atomic mass is 10.3. The van der Waals surface area contributed by atoms with Gasteiger partial charge in [-0.1, -0.05) is 18.2 Å². The van der Waals surface area contributed by atoms with E-state index in [9.17, 15) is 18.0 Å². The van der Waals surface area contributed by atoms with Gasteiger partial charge in [-0.2, -0.15) is 0 Å². The number of sulfone groups is 1. The van der Waals surface area contributed by atoms with Crippen molar-refractivity contribution in [2.45, 2.75) is 17.9 Å². The van der Waals surface area contributed by atoms with Crippen LogP contribution < -0.4 is 5.32 Å². The maximum Gasteiger partial charge on any atom is 0.327 e. The molecule has 0 bridgehead atoms. The number of hydrogen-bond acceptors (Lipinski definition) is 4. The molecule has 2 N–H and O–H groups in total. The zero-order chi connectivity index (χ0) is 13.8. The summed E-state index contributed by atoms with van der Waals surface area (Å²) in [6.45, 7) is 1.13. The van der Waals surface area contributed by atoms with Gasteiger partial charge in [0.1, 0.15) is 6.04 Å². The zero-order valence-corrected chi connectivity index (χ0v) is 10.5. The Morgan fingerprint density at radius 1 is 1.28 bits per heavy atom. The Hall–Kier alpha value is -1.89. The molecule has 0 aromatic heterocycles. The number of carboxylic acids is 1. The van der Waals surface area contributed by atoms with Crippen molar-refractivity contribution in [3.8, 4) is 0 Å². The molecule has 0 radical (unpaired) electrons. The molecule has 0 aliphatic carbocycles. The fourth-order valence-electron chi connectivity index (χ4n) is 1.36. The van der Waals surface area contributed by atoms with Crippen molar-refractivity contribution in [1.29, 1.82) is 0 Å². The van der Waals surface area contributed by atoms with Crippen LogP contribution in [0.2, 0.25) is 0 Å². The van der Waals surface area contributed by atoms with Crippen LogP contribution >= 0.6 is 0 Å². The molecule has 6 nitrogen and oxygen atoms in total. The Morgan fingerprint density at radius 3 is 2.28 bits per heavy atom. The molecule has 0 saturated heterocycles. The summed E-state index contributed by atoms with van der Waals surface area (Å²) in [5.41, 5.74) is 0. The van der Waals surface area contributed by atoms with Crippen molar-refractivity contribution >= 4 is 21.7 Å². The van der Waals surface area contributed by atoms with Crippen LogP contribution in [0.5, 0.6) is 0 Å². The van der Waals surface area contributed by atoms with Crippen molar-refractivity contribution in [1.82, 2.24) is 5.32 Å². The van der Waals surface area contributed by atoms with E-state index in [2.05, 4.69) is 5.32 Å². The van der Waals surface area contributed by atoms with E-state index in [-0.39, 0.29) is 4.90 Å². The van der Waals surface area contributed by atoms with Crippen LogP contribution in [0.15, 0.2) is 35.2 Å². The van der Waals surface area contributed by atoms with Crippen LogP contribution in [-0.2, 0) is 19.4 Å². The van der Waals surface area contributed by atoms with Gasteiger partial charge in [-0.25, -0.2) is 13.2 Å². The molecule has 0 unspecified atom stereocenters. The molecule has 7 heteroatoms. The summed E-state index contributed by atoms with van der Waals surface area (Å²) in [6.07, 6.45) is 0. The second-order valence-corrected chi connectivity index (χ2v) is 5.72. The second kappa shape index (κ2) is 5.63. The summed E-state index contributed by atoms with van der Waals surface area (Å²) in [4.78, 5) is 21.7. The summed E-state index contributed by atoms with van der Waals surface area (Å²) in [5.74, 6) is -2.65. The average Bonchev–Trinajstić information content (AvgIpc) is 2.28. The fraction of sp³-hybridized carbons (Fsp3) is 0.273. The Morgan fingerprint density at radius 2 is 1.83 bits per heavy atom. The van der Waals surface area contributed by atoms with Gasteiger partial charge in [-0.15, -0.1) is 0 Å². The Labute approximate surface area is 105 Å². The van der Waals surface area contributed by atoms with E-state index >= 15 is 0 Å². The highest BCUT2D eigenvalue weighted by Crippen LogP contribution is 2.11. The van der Waals surface area contributed by atoms with E-state index in [1.807, 2.05) is 0 Å². The van der Waals surface area contributed by atoms with Gasteiger partial charge < -0.3 is 10.4 Å². The molecule has 98 valence electrons. The maximum absolute atomic E-state index is 11.9. The molecule has 1 atom stereocenters. The molecule has 1 aromatic rings. The van der Waals surface area contributed by atoms with Crippen molar-refractivity contribution in [2.24, 2.45) is 0 Å². The Kier molecular flexibility index (Phi) is 4.43. The number of nitrogens with one attached hydrogen (secondary N) is 1. The SMILES string of the molecule is CC(=O)N[C@@H](CS(=O)(=O)c1ccccc1)C(=O)O. The number of rotatable bonds is 5. The summed E-state index contributed by atoms with van der Waals surface area (Å²) in [7, 11) is -3.75. The molecule has 0 aliphatic rings.